The van der Waals surface area contributed by atoms with Crippen molar-refractivity contribution >= 4 is 37.5 Å². The molecule has 1 N–H and O–H groups in total. The van der Waals surface area contributed by atoms with Crippen LogP contribution in [0.5, 0.6) is 5.75 Å². The van der Waals surface area contributed by atoms with Crippen molar-refractivity contribution in [3.63, 3.8) is 0 Å². The second-order valence-corrected chi connectivity index (χ2v) is 6.35. The molecule has 0 radical (unpaired) electrons. The molecule has 0 fully saturated rings. The molecule has 2 aromatic rings. The van der Waals surface area contributed by atoms with E-state index in [2.05, 4.69) is 43.2 Å². The van der Waals surface area contributed by atoms with Gasteiger partial charge in [0, 0.05) is 22.3 Å². The second kappa shape index (κ2) is 6.97. The number of nitrogens with zero attached hydrogens (tertiary/aromatic N) is 1. The summed E-state index contributed by atoms with van der Waals surface area (Å²) < 4.78 is 7.32. The third-order valence-electron chi connectivity index (χ3n) is 3.13. The molecule has 0 amide bonds. The van der Waals surface area contributed by atoms with Crippen molar-refractivity contribution in [1.29, 1.82) is 5.26 Å². The molecule has 0 saturated heterocycles. The van der Waals surface area contributed by atoms with Crippen LogP contribution in [0.25, 0.3) is 0 Å². The van der Waals surface area contributed by atoms with Crippen molar-refractivity contribution in [1.82, 2.24) is 0 Å². The topological polar surface area (TPSA) is 45.0 Å². The van der Waals surface area contributed by atoms with Crippen LogP contribution < -0.4 is 10.1 Å². The summed E-state index contributed by atoms with van der Waals surface area (Å²) in [5.41, 5.74) is 3.72. The van der Waals surface area contributed by atoms with E-state index in [1.165, 1.54) is 0 Å². The Labute approximate surface area is 141 Å². The third kappa shape index (κ3) is 3.78. The largest absolute Gasteiger partial charge is 0.495 e. The number of anilines is 1. The molecule has 0 heterocycles. The smallest absolute Gasteiger partial charge is 0.138 e. The number of nitrogens with one attached hydrogen (secondary N) is 1. The van der Waals surface area contributed by atoms with Crippen LogP contribution in [0, 0.1) is 18.3 Å². The lowest BCUT2D eigenvalue weighted by molar-refractivity contribution is 0.407. The zero-order valence-corrected chi connectivity index (χ0v) is 14.9. The van der Waals surface area contributed by atoms with Crippen LogP contribution in [0.15, 0.2) is 39.3 Å². The van der Waals surface area contributed by atoms with Crippen molar-refractivity contribution < 1.29 is 4.74 Å². The second-order valence-electron chi connectivity index (χ2n) is 4.58. The monoisotopic (exact) mass is 408 g/mol. The highest BCUT2D eigenvalue weighted by Gasteiger charge is 2.10. The number of halogens is 2. The molecule has 0 saturated carbocycles. The fraction of sp³-hybridized carbons (Fsp3) is 0.188. The Morgan fingerprint density at radius 3 is 2.67 bits per heavy atom. The molecule has 3 nitrogen and oxygen atoms in total. The minimum absolute atomic E-state index is 0.608. The van der Waals surface area contributed by atoms with E-state index in [4.69, 9.17) is 10.00 Å². The van der Waals surface area contributed by atoms with E-state index in [0.29, 0.717) is 12.1 Å². The van der Waals surface area contributed by atoms with E-state index in [1.807, 2.05) is 37.3 Å². The standard InChI is InChI=1S/C16H14Br2N2O/c1-10-3-4-11(8-19)5-15(10)20-9-12-6-13(17)7-14(18)16(12)21-2/h3-7,20H,9H2,1-2H3. The molecular formula is C16H14Br2N2O. The maximum Gasteiger partial charge on any atom is 0.138 e. The van der Waals surface area contributed by atoms with E-state index in [-0.39, 0.29) is 0 Å². The first-order chi connectivity index (χ1) is 10.0. The first kappa shape index (κ1) is 15.9. The lowest BCUT2D eigenvalue weighted by Crippen LogP contribution is -2.04. The van der Waals surface area contributed by atoms with Gasteiger partial charge in [-0.3, -0.25) is 0 Å². The maximum absolute atomic E-state index is 8.98. The summed E-state index contributed by atoms with van der Waals surface area (Å²) in [6.07, 6.45) is 0. The van der Waals surface area contributed by atoms with Gasteiger partial charge in [0.15, 0.2) is 0 Å². The van der Waals surface area contributed by atoms with Gasteiger partial charge < -0.3 is 10.1 Å². The van der Waals surface area contributed by atoms with Gasteiger partial charge in [0.1, 0.15) is 5.75 Å². The number of hydrogen-bond acceptors (Lipinski definition) is 3. The van der Waals surface area contributed by atoms with Crippen molar-refractivity contribution in [2.75, 3.05) is 12.4 Å². The number of ether oxygens (including phenoxy) is 1. The van der Waals surface area contributed by atoms with Gasteiger partial charge in [-0.25, -0.2) is 0 Å². The molecule has 2 aromatic carbocycles. The van der Waals surface area contributed by atoms with Crippen LogP contribution in [0.4, 0.5) is 5.69 Å². The van der Waals surface area contributed by atoms with Gasteiger partial charge in [0.05, 0.1) is 23.2 Å². The Morgan fingerprint density at radius 2 is 2.00 bits per heavy atom. The first-order valence-corrected chi connectivity index (χ1v) is 7.90. The van der Waals surface area contributed by atoms with E-state index in [0.717, 1.165) is 31.5 Å². The summed E-state index contributed by atoms with van der Waals surface area (Å²) in [6, 6.07) is 11.7. The molecule has 0 bridgehead atoms. The average molecular weight is 410 g/mol. The SMILES string of the molecule is COc1c(Br)cc(Br)cc1CNc1cc(C#N)ccc1C. The predicted molar refractivity (Wildman–Crippen MR) is 91.6 cm³/mol. The van der Waals surface area contributed by atoms with Crippen molar-refractivity contribution in [2.45, 2.75) is 13.5 Å². The van der Waals surface area contributed by atoms with Crippen LogP contribution in [-0.4, -0.2) is 7.11 Å². The zero-order valence-electron chi connectivity index (χ0n) is 11.7. The summed E-state index contributed by atoms with van der Waals surface area (Å²) >= 11 is 6.98. The molecular weight excluding hydrogens is 396 g/mol. The molecule has 0 spiro atoms. The highest BCUT2D eigenvalue weighted by molar-refractivity contribution is 9.11. The van der Waals surface area contributed by atoms with Gasteiger partial charge in [0.25, 0.3) is 0 Å². The molecule has 0 aliphatic heterocycles. The Bertz CT molecular complexity index is 708. The van der Waals surface area contributed by atoms with Crippen molar-refractivity contribution in [3.8, 4) is 11.8 Å². The normalized spacial score (nSPS) is 10.0. The van der Waals surface area contributed by atoms with Crippen molar-refractivity contribution in [2.24, 2.45) is 0 Å². The van der Waals surface area contributed by atoms with Gasteiger partial charge in [-0.05, 0) is 52.7 Å². The van der Waals surface area contributed by atoms with E-state index >= 15 is 0 Å². The molecule has 2 rings (SSSR count). The number of benzene rings is 2. The molecule has 21 heavy (non-hydrogen) atoms. The fourth-order valence-corrected chi connectivity index (χ4v) is 3.52. The molecule has 108 valence electrons. The van der Waals surface area contributed by atoms with Gasteiger partial charge in [0.2, 0.25) is 0 Å². The minimum Gasteiger partial charge on any atom is -0.495 e. The highest BCUT2D eigenvalue weighted by atomic mass is 79.9. The summed E-state index contributed by atoms with van der Waals surface area (Å²) in [7, 11) is 1.65. The van der Waals surface area contributed by atoms with Gasteiger partial charge in [-0.15, -0.1) is 0 Å². The lowest BCUT2D eigenvalue weighted by Gasteiger charge is -2.14. The molecule has 0 aliphatic rings. The number of rotatable bonds is 4. The summed E-state index contributed by atoms with van der Waals surface area (Å²) in [5.74, 6) is 0.805. The van der Waals surface area contributed by atoms with Gasteiger partial charge >= 0.3 is 0 Å². The number of aryl methyl sites for hydroxylation is 1. The minimum atomic E-state index is 0.608. The number of hydrogen-bond donors (Lipinski definition) is 1. The Hall–Kier alpha value is -1.51. The van der Waals surface area contributed by atoms with Gasteiger partial charge in [-0.1, -0.05) is 22.0 Å². The van der Waals surface area contributed by atoms with Crippen molar-refractivity contribution in [3.05, 3.63) is 56.0 Å². The Kier molecular flexibility index (Phi) is 5.27. The molecule has 0 aliphatic carbocycles. The summed E-state index contributed by atoms with van der Waals surface area (Å²) in [6.45, 7) is 2.62. The van der Waals surface area contributed by atoms with E-state index < -0.39 is 0 Å². The van der Waals surface area contributed by atoms with Crippen LogP contribution >= 0.6 is 31.9 Å². The number of nitriles is 1. The third-order valence-corrected chi connectivity index (χ3v) is 4.17. The zero-order chi connectivity index (χ0) is 15.4. The molecule has 0 unspecified atom stereocenters. The molecule has 5 heteroatoms. The van der Waals surface area contributed by atoms with Crippen LogP contribution in [0.1, 0.15) is 16.7 Å². The highest BCUT2D eigenvalue weighted by Crippen LogP contribution is 2.33. The van der Waals surface area contributed by atoms with E-state index in [9.17, 15) is 0 Å². The van der Waals surface area contributed by atoms with Crippen LogP contribution in [0.2, 0.25) is 0 Å². The Balaban J connectivity index is 2.26. The fourth-order valence-electron chi connectivity index (χ4n) is 2.05. The predicted octanol–water partition coefficient (Wildman–Crippen LogP) is 5.01. The molecule has 0 atom stereocenters. The van der Waals surface area contributed by atoms with E-state index in [1.54, 1.807) is 7.11 Å². The maximum atomic E-state index is 8.98. The quantitative estimate of drug-likeness (QED) is 0.771. The summed E-state index contributed by atoms with van der Waals surface area (Å²) in [5, 5.41) is 12.3. The summed E-state index contributed by atoms with van der Waals surface area (Å²) in [4.78, 5) is 0. The van der Waals surface area contributed by atoms with Crippen LogP contribution in [0.3, 0.4) is 0 Å². The Morgan fingerprint density at radius 1 is 1.24 bits per heavy atom. The first-order valence-electron chi connectivity index (χ1n) is 6.31. The number of methoxy groups -OCH3 is 1. The average Bonchev–Trinajstić information content (AvgIpc) is 2.46. The lowest BCUT2D eigenvalue weighted by atomic mass is 10.1. The van der Waals surface area contributed by atoms with Crippen LogP contribution in [-0.2, 0) is 6.54 Å². The molecule has 0 aromatic heterocycles. The van der Waals surface area contributed by atoms with Gasteiger partial charge in [-0.2, -0.15) is 5.26 Å².